The Kier molecular flexibility index (Phi) is 6.09. The van der Waals surface area contributed by atoms with E-state index in [2.05, 4.69) is 15.0 Å². The molecule has 156 valence electrons. The van der Waals surface area contributed by atoms with E-state index in [9.17, 15) is 9.59 Å². The normalized spacial score (nSPS) is 10.5. The molecule has 8 heteroatoms. The standard InChI is InChI=1S/C23H18N2O5S/c1-28-19(26)14-30-17-10-5-9-16(13-17)24-22(27)21-20(15-7-3-2-4-8-15)25-23(31-21)18-11-6-12-29-18/h2-13H,14H2,1H3,(H,24,27). The lowest BCUT2D eigenvalue weighted by atomic mass is 10.1. The average molecular weight is 434 g/mol. The Labute approximate surface area is 182 Å². The van der Waals surface area contributed by atoms with Crippen LogP contribution in [0.1, 0.15) is 9.67 Å². The number of carbonyl (C=O) groups excluding carboxylic acids is 2. The van der Waals surface area contributed by atoms with Gasteiger partial charge >= 0.3 is 5.97 Å². The lowest BCUT2D eigenvalue weighted by Gasteiger charge is -2.08. The number of nitrogens with zero attached hydrogens (tertiary/aromatic N) is 1. The first-order valence-corrected chi connectivity index (χ1v) is 10.2. The Morgan fingerprint density at radius 1 is 1.06 bits per heavy atom. The van der Waals surface area contributed by atoms with Gasteiger partial charge < -0.3 is 19.2 Å². The first-order chi connectivity index (χ1) is 15.1. The van der Waals surface area contributed by atoms with E-state index in [0.29, 0.717) is 32.8 Å². The molecule has 0 saturated heterocycles. The molecule has 0 aliphatic heterocycles. The predicted molar refractivity (Wildman–Crippen MR) is 117 cm³/mol. The number of thiazole rings is 1. The molecule has 4 aromatic rings. The molecule has 1 amide bonds. The molecule has 31 heavy (non-hydrogen) atoms. The third kappa shape index (κ3) is 4.81. The van der Waals surface area contributed by atoms with E-state index in [-0.39, 0.29) is 12.5 Å². The number of nitrogens with one attached hydrogen (secondary N) is 1. The Morgan fingerprint density at radius 3 is 2.65 bits per heavy atom. The molecule has 1 N–H and O–H groups in total. The number of methoxy groups -OCH3 is 1. The van der Waals surface area contributed by atoms with Gasteiger partial charge in [0.15, 0.2) is 17.4 Å². The summed E-state index contributed by atoms with van der Waals surface area (Å²) in [5.41, 5.74) is 1.93. The summed E-state index contributed by atoms with van der Waals surface area (Å²) in [5.74, 6) is 0.239. The topological polar surface area (TPSA) is 90.7 Å². The summed E-state index contributed by atoms with van der Waals surface area (Å²) in [4.78, 5) is 29.5. The maximum absolute atomic E-state index is 13.1. The molecular weight excluding hydrogens is 416 g/mol. The Balaban J connectivity index is 1.60. The van der Waals surface area contributed by atoms with Crippen molar-refractivity contribution in [1.29, 1.82) is 0 Å². The van der Waals surface area contributed by atoms with Gasteiger partial charge in [0.1, 0.15) is 10.6 Å². The number of ether oxygens (including phenoxy) is 2. The van der Waals surface area contributed by atoms with E-state index in [1.54, 1.807) is 42.7 Å². The molecule has 0 aliphatic rings. The van der Waals surface area contributed by atoms with Gasteiger partial charge in [0.2, 0.25) is 0 Å². The molecule has 0 atom stereocenters. The molecule has 0 spiro atoms. The predicted octanol–water partition coefficient (Wildman–Crippen LogP) is 4.87. The van der Waals surface area contributed by atoms with Crippen LogP contribution in [-0.2, 0) is 9.53 Å². The molecular formula is C23H18N2O5S. The van der Waals surface area contributed by atoms with Crippen molar-refractivity contribution in [2.45, 2.75) is 0 Å². The highest BCUT2D eigenvalue weighted by molar-refractivity contribution is 7.17. The highest BCUT2D eigenvalue weighted by Gasteiger charge is 2.21. The van der Waals surface area contributed by atoms with Crippen LogP contribution < -0.4 is 10.1 Å². The molecule has 0 saturated carbocycles. The number of furan rings is 1. The van der Waals surface area contributed by atoms with Gasteiger partial charge in [-0.2, -0.15) is 0 Å². The maximum atomic E-state index is 13.1. The highest BCUT2D eigenvalue weighted by Crippen LogP contribution is 2.34. The minimum absolute atomic E-state index is 0.215. The van der Waals surface area contributed by atoms with E-state index >= 15 is 0 Å². The second-order valence-electron chi connectivity index (χ2n) is 6.39. The molecule has 2 aromatic heterocycles. The molecule has 7 nitrogen and oxygen atoms in total. The van der Waals surface area contributed by atoms with E-state index < -0.39 is 5.97 Å². The van der Waals surface area contributed by atoms with Gasteiger partial charge in [-0.25, -0.2) is 9.78 Å². The van der Waals surface area contributed by atoms with Crippen LogP contribution in [0.15, 0.2) is 77.4 Å². The van der Waals surface area contributed by atoms with Gasteiger partial charge in [-0.05, 0) is 24.3 Å². The third-order valence-corrected chi connectivity index (χ3v) is 5.36. The average Bonchev–Trinajstić information content (AvgIpc) is 3.48. The van der Waals surface area contributed by atoms with Crippen molar-refractivity contribution >= 4 is 28.9 Å². The number of esters is 1. The van der Waals surface area contributed by atoms with Crippen LogP contribution in [0.25, 0.3) is 22.0 Å². The van der Waals surface area contributed by atoms with E-state index in [1.807, 2.05) is 30.3 Å². The molecule has 0 fully saturated rings. The summed E-state index contributed by atoms with van der Waals surface area (Å²) in [7, 11) is 1.29. The van der Waals surface area contributed by atoms with Crippen molar-refractivity contribution in [3.05, 3.63) is 77.9 Å². The molecule has 4 rings (SSSR count). The quantitative estimate of drug-likeness (QED) is 0.417. The van der Waals surface area contributed by atoms with Crippen LogP contribution in [0, 0.1) is 0 Å². The summed E-state index contributed by atoms with van der Waals surface area (Å²) in [6, 6.07) is 19.9. The number of aromatic nitrogens is 1. The maximum Gasteiger partial charge on any atom is 0.343 e. The van der Waals surface area contributed by atoms with Crippen molar-refractivity contribution < 1.29 is 23.5 Å². The molecule has 0 aliphatic carbocycles. The number of rotatable bonds is 7. The largest absolute Gasteiger partial charge is 0.482 e. The van der Waals surface area contributed by atoms with Crippen LogP contribution in [0.2, 0.25) is 0 Å². The first-order valence-electron chi connectivity index (χ1n) is 9.35. The van der Waals surface area contributed by atoms with Crippen LogP contribution >= 0.6 is 11.3 Å². The van der Waals surface area contributed by atoms with Gasteiger partial charge in [0.25, 0.3) is 5.91 Å². The fraction of sp³-hybridized carbons (Fsp3) is 0.0870. The van der Waals surface area contributed by atoms with Crippen LogP contribution in [-0.4, -0.2) is 30.6 Å². The smallest absolute Gasteiger partial charge is 0.343 e. The SMILES string of the molecule is COC(=O)COc1cccc(NC(=O)c2sc(-c3ccco3)nc2-c2ccccc2)c1. The number of anilines is 1. The zero-order valence-electron chi connectivity index (χ0n) is 16.5. The molecule has 0 unspecified atom stereocenters. The minimum Gasteiger partial charge on any atom is -0.482 e. The second kappa shape index (κ2) is 9.27. The summed E-state index contributed by atoms with van der Waals surface area (Å²) < 4.78 is 15.4. The van der Waals surface area contributed by atoms with Crippen molar-refractivity contribution in [3.63, 3.8) is 0 Å². The molecule has 0 bridgehead atoms. The summed E-state index contributed by atoms with van der Waals surface area (Å²) in [6.07, 6.45) is 1.57. The van der Waals surface area contributed by atoms with E-state index in [0.717, 1.165) is 5.56 Å². The van der Waals surface area contributed by atoms with Crippen LogP contribution in [0.4, 0.5) is 5.69 Å². The van der Waals surface area contributed by atoms with Gasteiger partial charge in [0.05, 0.1) is 19.1 Å². The van der Waals surface area contributed by atoms with Crippen molar-refractivity contribution in [1.82, 2.24) is 4.98 Å². The van der Waals surface area contributed by atoms with Gasteiger partial charge in [-0.3, -0.25) is 4.79 Å². The van der Waals surface area contributed by atoms with Gasteiger partial charge in [0, 0.05) is 17.3 Å². The lowest BCUT2D eigenvalue weighted by molar-refractivity contribution is -0.142. The number of benzene rings is 2. The number of hydrogen-bond donors (Lipinski definition) is 1. The number of carbonyl (C=O) groups is 2. The number of amides is 1. The minimum atomic E-state index is -0.489. The fourth-order valence-electron chi connectivity index (χ4n) is 2.82. The first kappa shape index (κ1) is 20.4. The highest BCUT2D eigenvalue weighted by atomic mass is 32.1. The van der Waals surface area contributed by atoms with Gasteiger partial charge in [-0.1, -0.05) is 36.4 Å². The van der Waals surface area contributed by atoms with E-state index in [4.69, 9.17) is 9.15 Å². The van der Waals surface area contributed by atoms with Crippen molar-refractivity contribution in [2.75, 3.05) is 19.0 Å². The van der Waals surface area contributed by atoms with Crippen LogP contribution in [0.5, 0.6) is 5.75 Å². The van der Waals surface area contributed by atoms with Crippen LogP contribution in [0.3, 0.4) is 0 Å². The second-order valence-corrected chi connectivity index (χ2v) is 7.39. The zero-order valence-corrected chi connectivity index (χ0v) is 17.3. The molecule has 2 heterocycles. The summed E-state index contributed by atoms with van der Waals surface area (Å²) in [5, 5.41) is 3.49. The summed E-state index contributed by atoms with van der Waals surface area (Å²) in [6.45, 7) is -0.215. The summed E-state index contributed by atoms with van der Waals surface area (Å²) >= 11 is 1.25. The van der Waals surface area contributed by atoms with E-state index in [1.165, 1.54) is 18.4 Å². The zero-order chi connectivity index (χ0) is 21.6. The Bertz CT molecular complexity index is 1190. The lowest BCUT2D eigenvalue weighted by Crippen LogP contribution is -2.13. The van der Waals surface area contributed by atoms with Gasteiger partial charge in [-0.15, -0.1) is 11.3 Å². The fourth-order valence-corrected chi connectivity index (χ4v) is 3.77. The number of hydrogen-bond acceptors (Lipinski definition) is 7. The Morgan fingerprint density at radius 2 is 1.90 bits per heavy atom. The molecule has 2 aromatic carbocycles. The molecule has 0 radical (unpaired) electrons. The van der Waals surface area contributed by atoms with Crippen molar-refractivity contribution in [2.24, 2.45) is 0 Å². The monoisotopic (exact) mass is 434 g/mol. The van der Waals surface area contributed by atoms with Crippen molar-refractivity contribution in [3.8, 4) is 27.8 Å². The third-order valence-electron chi connectivity index (χ3n) is 4.29. The Hall–Kier alpha value is -3.91.